The average Bonchev–Trinajstić information content (AvgIpc) is 2.91. The highest BCUT2D eigenvalue weighted by Gasteiger charge is 2.65. The number of rotatable bonds is 0. The van der Waals surface area contributed by atoms with Gasteiger partial charge in [0.15, 0.2) is 0 Å². The quantitative estimate of drug-likeness (QED) is 0.352. The predicted octanol–water partition coefficient (Wildman–Crippen LogP) is 1.53. The number of hydrogen-bond donors (Lipinski definition) is 0. The Labute approximate surface area is 93.8 Å². The van der Waals surface area contributed by atoms with Crippen molar-refractivity contribution in [3.63, 3.8) is 0 Å². The zero-order chi connectivity index (χ0) is 10.9. The van der Waals surface area contributed by atoms with E-state index in [1.165, 1.54) is 0 Å². The van der Waals surface area contributed by atoms with Crippen molar-refractivity contribution >= 4 is 11.9 Å². The second kappa shape index (κ2) is 2.76. The van der Waals surface area contributed by atoms with Crippen molar-refractivity contribution < 1.29 is 14.3 Å². The van der Waals surface area contributed by atoms with Crippen LogP contribution in [0.3, 0.4) is 0 Å². The number of allylic oxidation sites excluding steroid dienone is 2. The van der Waals surface area contributed by atoms with Gasteiger partial charge in [0.25, 0.3) is 0 Å². The molecule has 2 saturated carbocycles. The lowest BCUT2D eigenvalue weighted by Gasteiger charge is -2.36. The van der Waals surface area contributed by atoms with E-state index in [-0.39, 0.29) is 23.8 Å². The highest BCUT2D eigenvalue weighted by molar-refractivity contribution is 5.97. The second-order valence-electron chi connectivity index (χ2n) is 5.63. The summed E-state index contributed by atoms with van der Waals surface area (Å²) in [6.45, 7) is 0. The lowest BCUT2D eigenvalue weighted by atomic mass is 9.65. The van der Waals surface area contributed by atoms with Crippen molar-refractivity contribution in [2.75, 3.05) is 0 Å². The van der Waals surface area contributed by atoms with Gasteiger partial charge in [0.2, 0.25) is 0 Å². The first-order chi connectivity index (χ1) is 7.77. The molecule has 0 N–H and O–H groups in total. The molecule has 3 fully saturated rings. The number of ether oxygens (including phenoxy) is 1. The molecule has 0 amide bonds. The van der Waals surface area contributed by atoms with Gasteiger partial charge < -0.3 is 4.74 Å². The lowest BCUT2D eigenvalue weighted by Crippen LogP contribution is -2.37. The van der Waals surface area contributed by atoms with Gasteiger partial charge in [0.05, 0.1) is 11.8 Å². The van der Waals surface area contributed by atoms with Crippen molar-refractivity contribution in [1.82, 2.24) is 0 Å². The summed E-state index contributed by atoms with van der Waals surface area (Å²) in [5, 5.41) is 0. The van der Waals surface area contributed by atoms with Crippen LogP contribution in [0.15, 0.2) is 12.2 Å². The fourth-order valence-electron chi connectivity index (χ4n) is 4.74. The van der Waals surface area contributed by atoms with E-state index in [4.69, 9.17) is 4.74 Å². The van der Waals surface area contributed by atoms with Crippen LogP contribution >= 0.6 is 0 Å². The van der Waals surface area contributed by atoms with Crippen LogP contribution in [0.25, 0.3) is 0 Å². The highest BCUT2D eigenvalue weighted by Crippen LogP contribution is 2.63. The summed E-state index contributed by atoms with van der Waals surface area (Å²) in [6.07, 6.45) is 7.73. The van der Waals surface area contributed by atoms with E-state index >= 15 is 0 Å². The van der Waals surface area contributed by atoms with Gasteiger partial charge in [-0.25, -0.2) is 0 Å². The summed E-state index contributed by atoms with van der Waals surface area (Å²) in [4.78, 5) is 23.3. The molecular formula is C13H14O3. The van der Waals surface area contributed by atoms with Gasteiger partial charge >= 0.3 is 11.9 Å². The lowest BCUT2D eigenvalue weighted by molar-refractivity contribution is -0.154. The first-order valence-corrected chi connectivity index (χ1v) is 6.18. The third-order valence-electron chi connectivity index (χ3n) is 5.23. The molecule has 0 aromatic rings. The molecule has 1 aliphatic heterocycles. The third kappa shape index (κ3) is 0.864. The zero-order valence-corrected chi connectivity index (χ0v) is 8.96. The molecule has 16 heavy (non-hydrogen) atoms. The Kier molecular flexibility index (Phi) is 1.55. The van der Waals surface area contributed by atoms with E-state index in [2.05, 4.69) is 12.2 Å². The van der Waals surface area contributed by atoms with E-state index in [9.17, 15) is 9.59 Å². The molecule has 3 nitrogen and oxygen atoms in total. The Bertz CT molecular complexity index is 375. The number of carbonyl (C=O) groups is 2. The molecule has 3 heteroatoms. The van der Waals surface area contributed by atoms with Crippen LogP contribution in [0.4, 0.5) is 0 Å². The van der Waals surface area contributed by atoms with Crippen molar-refractivity contribution in [2.45, 2.75) is 19.3 Å². The molecule has 0 aromatic carbocycles. The average molecular weight is 218 g/mol. The van der Waals surface area contributed by atoms with Crippen LogP contribution in [0, 0.1) is 35.5 Å². The molecule has 0 aromatic heterocycles. The minimum atomic E-state index is -0.240. The van der Waals surface area contributed by atoms with Crippen LogP contribution < -0.4 is 0 Å². The highest BCUT2D eigenvalue weighted by atomic mass is 16.6. The van der Waals surface area contributed by atoms with Crippen LogP contribution in [-0.2, 0) is 14.3 Å². The monoisotopic (exact) mass is 218 g/mol. The van der Waals surface area contributed by atoms with Gasteiger partial charge in [-0.3, -0.25) is 9.59 Å². The minimum Gasteiger partial charge on any atom is -0.393 e. The van der Waals surface area contributed by atoms with Crippen LogP contribution in [0.5, 0.6) is 0 Å². The number of hydrogen-bond acceptors (Lipinski definition) is 3. The normalized spacial score (nSPS) is 52.8. The Balaban J connectivity index is 1.76. The van der Waals surface area contributed by atoms with Crippen molar-refractivity contribution in [2.24, 2.45) is 35.5 Å². The number of fused-ring (bicyclic) bond motifs is 8. The summed E-state index contributed by atoms with van der Waals surface area (Å²) >= 11 is 0. The summed E-state index contributed by atoms with van der Waals surface area (Å²) in [7, 11) is 0. The van der Waals surface area contributed by atoms with E-state index in [1.54, 1.807) is 0 Å². The molecule has 0 radical (unpaired) electrons. The molecular weight excluding hydrogens is 204 g/mol. The van der Waals surface area contributed by atoms with E-state index in [0.717, 1.165) is 19.3 Å². The largest absolute Gasteiger partial charge is 0.393 e. The Morgan fingerprint density at radius 2 is 1.38 bits per heavy atom. The van der Waals surface area contributed by atoms with Crippen molar-refractivity contribution in [3.05, 3.63) is 12.2 Å². The molecule has 2 bridgehead atoms. The number of carbonyl (C=O) groups excluding carboxylic acids is 2. The molecule has 6 atom stereocenters. The summed E-state index contributed by atoms with van der Waals surface area (Å²) in [5.74, 6) is 1.44. The Hall–Kier alpha value is -1.12. The Morgan fingerprint density at radius 1 is 0.875 bits per heavy atom. The van der Waals surface area contributed by atoms with Gasteiger partial charge in [-0.05, 0) is 42.9 Å². The first-order valence-electron chi connectivity index (χ1n) is 6.18. The van der Waals surface area contributed by atoms with E-state index in [1.807, 2.05) is 0 Å². The van der Waals surface area contributed by atoms with E-state index < -0.39 is 0 Å². The molecule has 4 aliphatic rings. The van der Waals surface area contributed by atoms with Crippen LogP contribution in [0.1, 0.15) is 19.3 Å². The van der Waals surface area contributed by atoms with Gasteiger partial charge in [-0.1, -0.05) is 12.2 Å². The van der Waals surface area contributed by atoms with Gasteiger partial charge in [0.1, 0.15) is 0 Å². The summed E-state index contributed by atoms with van der Waals surface area (Å²) in [6, 6.07) is 0. The molecule has 1 heterocycles. The number of cyclic esters (lactones) is 2. The molecule has 4 rings (SSSR count). The topological polar surface area (TPSA) is 43.4 Å². The van der Waals surface area contributed by atoms with Gasteiger partial charge in [-0.2, -0.15) is 0 Å². The number of esters is 2. The van der Waals surface area contributed by atoms with Crippen molar-refractivity contribution in [1.29, 1.82) is 0 Å². The summed E-state index contributed by atoms with van der Waals surface area (Å²) in [5.41, 5.74) is 0. The fourth-order valence-corrected chi connectivity index (χ4v) is 4.74. The third-order valence-corrected chi connectivity index (χ3v) is 5.23. The molecule has 6 unspecified atom stereocenters. The predicted molar refractivity (Wildman–Crippen MR) is 55.0 cm³/mol. The molecule has 1 saturated heterocycles. The maximum atomic E-state index is 11.7. The fraction of sp³-hybridized carbons (Fsp3) is 0.692. The second-order valence-corrected chi connectivity index (χ2v) is 5.63. The standard InChI is InChI=1S/C13H14O3/c14-12-10-8-5-9(11(10)13(15)16-12)7-4-2-1-3-6(7)8/h1-2,6-11H,3-5H2. The maximum absolute atomic E-state index is 11.7. The maximum Gasteiger partial charge on any atom is 0.317 e. The van der Waals surface area contributed by atoms with Crippen molar-refractivity contribution in [3.8, 4) is 0 Å². The molecule has 3 aliphatic carbocycles. The molecule has 84 valence electrons. The minimum absolute atomic E-state index is 0.0924. The van der Waals surface area contributed by atoms with Crippen LogP contribution in [0.2, 0.25) is 0 Å². The smallest absolute Gasteiger partial charge is 0.317 e. The van der Waals surface area contributed by atoms with E-state index in [0.29, 0.717) is 23.7 Å². The zero-order valence-electron chi connectivity index (χ0n) is 8.96. The first kappa shape index (κ1) is 8.97. The molecule has 0 spiro atoms. The van der Waals surface area contributed by atoms with Gasteiger partial charge in [0, 0.05) is 0 Å². The summed E-state index contributed by atoms with van der Waals surface area (Å²) < 4.78 is 4.82. The Morgan fingerprint density at radius 3 is 1.88 bits per heavy atom. The van der Waals surface area contributed by atoms with Gasteiger partial charge in [-0.15, -0.1) is 0 Å². The SMILES string of the molecule is O=C1OC(=O)C2C3CC(C4CC=CCC43)C12. The van der Waals surface area contributed by atoms with Crippen LogP contribution in [-0.4, -0.2) is 11.9 Å².